The molecule has 0 radical (unpaired) electrons. The molecule has 0 saturated carbocycles. The molecule has 26 heavy (non-hydrogen) atoms. The van der Waals surface area contributed by atoms with Crippen LogP contribution >= 0.6 is 11.3 Å². The normalized spacial score (nSPS) is 14.1. The molecular weight excluding hydrogens is 352 g/mol. The second kappa shape index (κ2) is 9.30. The highest BCUT2D eigenvalue weighted by Gasteiger charge is 2.16. The summed E-state index contributed by atoms with van der Waals surface area (Å²) >= 11 is 1.38. The van der Waals surface area contributed by atoms with Gasteiger partial charge in [-0.05, 0) is 17.5 Å². The van der Waals surface area contributed by atoms with Crippen LogP contribution in [0.1, 0.15) is 21.7 Å². The van der Waals surface area contributed by atoms with Crippen molar-refractivity contribution in [3.05, 3.63) is 46.3 Å². The Morgan fingerprint density at radius 1 is 1.19 bits per heavy atom. The lowest BCUT2D eigenvalue weighted by atomic mass is 10.2. The molecule has 7 nitrogen and oxygen atoms in total. The van der Waals surface area contributed by atoms with E-state index in [1.54, 1.807) is 12.3 Å². The summed E-state index contributed by atoms with van der Waals surface area (Å²) < 4.78 is 5.38. The Hall–Kier alpha value is -2.45. The number of aromatic nitrogens is 1. The molecular formula is C18H22N4O3S. The van der Waals surface area contributed by atoms with E-state index in [0.717, 1.165) is 24.5 Å². The Morgan fingerprint density at radius 2 is 2.04 bits per heavy atom. The zero-order chi connectivity index (χ0) is 18.2. The van der Waals surface area contributed by atoms with Gasteiger partial charge in [-0.2, -0.15) is 0 Å². The second-order valence-corrected chi connectivity index (χ2v) is 6.79. The molecule has 0 aromatic carbocycles. The first-order chi connectivity index (χ1) is 12.7. The molecule has 0 bridgehead atoms. The van der Waals surface area contributed by atoms with Gasteiger partial charge in [0.05, 0.1) is 18.1 Å². The van der Waals surface area contributed by atoms with Crippen LogP contribution in [0.15, 0.2) is 35.8 Å². The van der Waals surface area contributed by atoms with Crippen LogP contribution in [0, 0.1) is 0 Å². The van der Waals surface area contributed by atoms with Crippen molar-refractivity contribution < 1.29 is 14.3 Å². The average Bonchev–Trinajstić information content (AvgIpc) is 3.22. The first kappa shape index (κ1) is 18.3. The van der Waals surface area contributed by atoms with Gasteiger partial charge >= 0.3 is 0 Å². The van der Waals surface area contributed by atoms with E-state index in [9.17, 15) is 9.59 Å². The number of thiophene rings is 1. The zero-order valence-electron chi connectivity index (χ0n) is 14.4. The fourth-order valence-corrected chi connectivity index (χ4v) is 3.33. The molecule has 2 aromatic heterocycles. The van der Waals surface area contributed by atoms with E-state index in [4.69, 9.17) is 4.74 Å². The molecule has 1 aliphatic rings. The maximum atomic E-state index is 12.1. The Labute approximate surface area is 156 Å². The molecule has 138 valence electrons. The summed E-state index contributed by atoms with van der Waals surface area (Å²) in [5.41, 5.74) is 0.977. The third kappa shape index (κ3) is 5.03. The Morgan fingerprint density at radius 3 is 2.81 bits per heavy atom. The molecule has 3 heterocycles. The van der Waals surface area contributed by atoms with Crippen molar-refractivity contribution in [2.75, 3.05) is 37.7 Å². The number of anilines is 1. The van der Waals surface area contributed by atoms with Gasteiger partial charge in [0.15, 0.2) is 0 Å². The van der Waals surface area contributed by atoms with E-state index < -0.39 is 0 Å². The van der Waals surface area contributed by atoms with Gasteiger partial charge in [-0.15, -0.1) is 11.3 Å². The number of pyridine rings is 1. The van der Waals surface area contributed by atoms with E-state index in [1.807, 2.05) is 23.6 Å². The lowest BCUT2D eigenvalue weighted by molar-refractivity contribution is -0.121. The number of nitrogens with zero attached hydrogens (tertiary/aromatic N) is 2. The van der Waals surface area contributed by atoms with Crippen molar-refractivity contribution in [2.24, 2.45) is 0 Å². The summed E-state index contributed by atoms with van der Waals surface area (Å²) in [6.45, 7) is 3.70. The quantitative estimate of drug-likeness (QED) is 0.766. The Bertz CT molecular complexity index is 730. The lowest BCUT2D eigenvalue weighted by Crippen LogP contribution is -2.38. The monoisotopic (exact) mass is 374 g/mol. The maximum Gasteiger partial charge on any atom is 0.261 e. The minimum Gasteiger partial charge on any atom is -0.378 e. The third-order valence-corrected chi connectivity index (χ3v) is 4.91. The molecule has 0 unspecified atom stereocenters. The predicted octanol–water partition coefficient (Wildman–Crippen LogP) is 1.42. The second-order valence-electron chi connectivity index (χ2n) is 5.85. The molecule has 0 atom stereocenters. The number of ether oxygens (including phenoxy) is 1. The van der Waals surface area contributed by atoms with Gasteiger partial charge in [-0.1, -0.05) is 12.1 Å². The van der Waals surface area contributed by atoms with Crippen molar-refractivity contribution in [2.45, 2.75) is 13.0 Å². The van der Waals surface area contributed by atoms with Crippen LogP contribution < -0.4 is 15.5 Å². The standard InChI is InChI=1S/C18H22N4O3S/c23-16(5-7-20-18(24)15-4-2-12-26-15)21-13-14-3-1-6-19-17(14)22-8-10-25-11-9-22/h1-4,6,12H,5,7-11,13H2,(H,20,24)(H,21,23). The summed E-state index contributed by atoms with van der Waals surface area (Å²) in [5.74, 6) is 0.644. The molecule has 1 aliphatic heterocycles. The maximum absolute atomic E-state index is 12.1. The molecule has 0 aliphatic carbocycles. The summed E-state index contributed by atoms with van der Waals surface area (Å²) in [6.07, 6.45) is 2.00. The predicted molar refractivity (Wildman–Crippen MR) is 100 cm³/mol. The van der Waals surface area contributed by atoms with Gasteiger partial charge in [0.25, 0.3) is 5.91 Å². The first-order valence-electron chi connectivity index (χ1n) is 8.59. The van der Waals surface area contributed by atoms with Gasteiger partial charge in [-0.25, -0.2) is 4.98 Å². The van der Waals surface area contributed by atoms with Gasteiger partial charge < -0.3 is 20.3 Å². The topological polar surface area (TPSA) is 83.6 Å². The minimum atomic E-state index is -0.144. The fourth-order valence-electron chi connectivity index (χ4n) is 2.69. The van der Waals surface area contributed by atoms with Crippen molar-refractivity contribution in [3.8, 4) is 0 Å². The van der Waals surface area contributed by atoms with E-state index >= 15 is 0 Å². The van der Waals surface area contributed by atoms with Crippen LogP contribution in [0.3, 0.4) is 0 Å². The molecule has 2 aromatic rings. The van der Waals surface area contributed by atoms with Crippen molar-refractivity contribution in [1.82, 2.24) is 15.6 Å². The summed E-state index contributed by atoms with van der Waals surface area (Å²) in [4.78, 5) is 31.2. The number of rotatable bonds is 7. The number of carbonyl (C=O) groups is 2. The number of hydrogen-bond donors (Lipinski definition) is 2. The number of hydrogen-bond acceptors (Lipinski definition) is 6. The van der Waals surface area contributed by atoms with Crippen LogP contribution in [0.25, 0.3) is 0 Å². The SMILES string of the molecule is O=C(CCNC(=O)c1cccs1)NCc1cccnc1N1CCOCC1. The highest BCUT2D eigenvalue weighted by molar-refractivity contribution is 7.12. The first-order valence-corrected chi connectivity index (χ1v) is 9.47. The van der Waals surface area contributed by atoms with Crippen LogP contribution in [-0.2, 0) is 16.1 Å². The smallest absolute Gasteiger partial charge is 0.261 e. The minimum absolute atomic E-state index is 0.103. The third-order valence-electron chi connectivity index (χ3n) is 4.04. The van der Waals surface area contributed by atoms with E-state index in [0.29, 0.717) is 31.2 Å². The Kier molecular flexibility index (Phi) is 6.56. The summed E-state index contributed by atoms with van der Waals surface area (Å²) in [5, 5.41) is 7.50. The lowest BCUT2D eigenvalue weighted by Gasteiger charge is -2.29. The van der Waals surface area contributed by atoms with Gasteiger partial charge in [-0.3, -0.25) is 9.59 Å². The highest BCUT2D eigenvalue weighted by atomic mass is 32.1. The van der Waals surface area contributed by atoms with E-state index in [2.05, 4.69) is 20.5 Å². The number of amides is 2. The molecule has 2 N–H and O–H groups in total. The molecule has 1 saturated heterocycles. The number of nitrogens with one attached hydrogen (secondary N) is 2. The van der Waals surface area contributed by atoms with Crippen LogP contribution in [0.2, 0.25) is 0 Å². The average molecular weight is 374 g/mol. The molecule has 2 amide bonds. The van der Waals surface area contributed by atoms with Crippen molar-refractivity contribution in [1.29, 1.82) is 0 Å². The number of morpholine rings is 1. The van der Waals surface area contributed by atoms with Crippen LogP contribution in [-0.4, -0.2) is 49.6 Å². The van der Waals surface area contributed by atoms with Gasteiger partial charge in [0.2, 0.25) is 5.91 Å². The van der Waals surface area contributed by atoms with E-state index in [-0.39, 0.29) is 18.2 Å². The van der Waals surface area contributed by atoms with Gasteiger partial charge in [0.1, 0.15) is 5.82 Å². The molecule has 3 rings (SSSR count). The molecule has 1 fully saturated rings. The zero-order valence-corrected chi connectivity index (χ0v) is 15.3. The summed E-state index contributed by atoms with van der Waals surface area (Å²) in [6, 6.07) is 7.42. The number of carbonyl (C=O) groups excluding carboxylic acids is 2. The molecule has 0 spiro atoms. The van der Waals surface area contributed by atoms with E-state index in [1.165, 1.54) is 11.3 Å². The van der Waals surface area contributed by atoms with Crippen molar-refractivity contribution in [3.63, 3.8) is 0 Å². The van der Waals surface area contributed by atoms with Crippen LogP contribution in [0.5, 0.6) is 0 Å². The fraction of sp³-hybridized carbons (Fsp3) is 0.389. The van der Waals surface area contributed by atoms with Crippen LogP contribution in [0.4, 0.5) is 5.82 Å². The van der Waals surface area contributed by atoms with Gasteiger partial charge in [0, 0.05) is 44.4 Å². The van der Waals surface area contributed by atoms with Crippen molar-refractivity contribution >= 4 is 29.0 Å². The summed E-state index contributed by atoms with van der Waals surface area (Å²) in [7, 11) is 0. The largest absolute Gasteiger partial charge is 0.378 e. The molecule has 8 heteroatoms. The highest BCUT2D eigenvalue weighted by Crippen LogP contribution is 2.18. The Balaban J connectivity index is 1.45.